The number of benzene rings is 1. The molecule has 2 rings (SSSR count). The molecule has 0 atom stereocenters. The Morgan fingerprint density at radius 2 is 2.30 bits per heavy atom. The molecule has 0 fully saturated rings. The fourth-order valence-corrected chi connectivity index (χ4v) is 1.60. The van der Waals surface area contributed by atoms with Gasteiger partial charge in [0.25, 0.3) is 5.91 Å². The number of amidine groups is 1. The number of nitrogens with one attached hydrogen (secondary N) is 2. The van der Waals surface area contributed by atoms with Crippen molar-refractivity contribution in [2.75, 3.05) is 5.32 Å². The van der Waals surface area contributed by atoms with Gasteiger partial charge in [0.1, 0.15) is 5.82 Å². The van der Waals surface area contributed by atoms with E-state index < -0.39 is 11.7 Å². The molecule has 1 heterocycles. The maximum absolute atomic E-state index is 13.8. The van der Waals surface area contributed by atoms with E-state index in [4.69, 9.17) is 10.9 Å². The third-order valence-electron chi connectivity index (χ3n) is 2.70. The summed E-state index contributed by atoms with van der Waals surface area (Å²) in [5, 5.41) is 20.0. The number of hydrogen-bond donors (Lipinski definition) is 4. The average Bonchev–Trinajstić information content (AvgIpc) is 2.86. The predicted octanol–water partition coefficient (Wildman–Crippen LogP) is 1.20. The van der Waals surface area contributed by atoms with Gasteiger partial charge in [-0.3, -0.25) is 9.89 Å². The molecular weight excluding hydrogens is 265 g/mol. The summed E-state index contributed by atoms with van der Waals surface area (Å²) in [5.41, 5.74) is 6.45. The summed E-state index contributed by atoms with van der Waals surface area (Å²) in [7, 11) is 0. The van der Waals surface area contributed by atoms with Gasteiger partial charge in [0, 0.05) is 11.3 Å². The van der Waals surface area contributed by atoms with Crippen LogP contribution in [0.4, 0.5) is 10.1 Å². The van der Waals surface area contributed by atoms with Crippen LogP contribution in [0.5, 0.6) is 0 Å². The molecule has 0 saturated heterocycles. The van der Waals surface area contributed by atoms with E-state index in [2.05, 4.69) is 20.7 Å². The predicted molar refractivity (Wildman–Crippen MR) is 70.2 cm³/mol. The van der Waals surface area contributed by atoms with Gasteiger partial charge >= 0.3 is 0 Å². The number of aromatic amines is 1. The van der Waals surface area contributed by atoms with Crippen LogP contribution in [-0.4, -0.2) is 27.1 Å². The largest absolute Gasteiger partial charge is 0.409 e. The minimum absolute atomic E-state index is 0.00918. The monoisotopic (exact) mass is 277 g/mol. The molecular formula is C12H12FN5O2. The molecule has 7 nitrogen and oxygen atoms in total. The number of nitrogens with two attached hydrogens (primary N) is 1. The number of carbonyl (C=O) groups excluding carboxylic acids is 1. The molecule has 0 aliphatic heterocycles. The zero-order valence-corrected chi connectivity index (χ0v) is 10.5. The zero-order valence-electron chi connectivity index (χ0n) is 10.5. The van der Waals surface area contributed by atoms with E-state index in [9.17, 15) is 9.18 Å². The first kappa shape index (κ1) is 13.5. The van der Waals surface area contributed by atoms with Crippen LogP contribution in [0.15, 0.2) is 29.6 Å². The van der Waals surface area contributed by atoms with Crippen LogP contribution >= 0.6 is 0 Å². The second-order valence-corrected chi connectivity index (χ2v) is 4.04. The Balaban J connectivity index is 2.23. The molecule has 0 saturated carbocycles. The highest BCUT2D eigenvalue weighted by Gasteiger charge is 2.14. The van der Waals surface area contributed by atoms with Gasteiger partial charge in [0.05, 0.1) is 17.4 Å². The van der Waals surface area contributed by atoms with Crippen LogP contribution in [0.1, 0.15) is 21.6 Å². The number of aryl methyl sites for hydroxylation is 1. The van der Waals surface area contributed by atoms with Crippen molar-refractivity contribution in [1.29, 1.82) is 0 Å². The van der Waals surface area contributed by atoms with E-state index in [0.717, 1.165) is 6.07 Å². The molecule has 0 aliphatic rings. The van der Waals surface area contributed by atoms with Crippen LogP contribution in [0.3, 0.4) is 0 Å². The number of carbonyl (C=O) groups is 1. The lowest BCUT2D eigenvalue weighted by molar-refractivity contribution is 0.102. The molecule has 1 aromatic carbocycles. The van der Waals surface area contributed by atoms with Crippen LogP contribution < -0.4 is 11.1 Å². The second-order valence-electron chi connectivity index (χ2n) is 4.04. The standard InChI is InChI=1S/C12H12FN5O2/c1-6-8(5-15-17-6)12(19)16-10-3-2-7(4-9(10)13)11(14)18-20/h2-5,20H,1H3,(H2,14,18)(H,15,17)(H,16,19). The molecule has 8 heteroatoms. The highest BCUT2D eigenvalue weighted by molar-refractivity contribution is 6.05. The van der Waals surface area contributed by atoms with E-state index in [1.807, 2.05) is 0 Å². The molecule has 2 aromatic rings. The van der Waals surface area contributed by atoms with Crippen LogP contribution in [0.2, 0.25) is 0 Å². The van der Waals surface area contributed by atoms with Crippen molar-refractivity contribution >= 4 is 17.4 Å². The minimum Gasteiger partial charge on any atom is -0.409 e. The maximum atomic E-state index is 13.8. The van der Waals surface area contributed by atoms with Crippen molar-refractivity contribution in [2.45, 2.75) is 6.92 Å². The van der Waals surface area contributed by atoms with Gasteiger partial charge in [0.15, 0.2) is 5.84 Å². The van der Waals surface area contributed by atoms with Gasteiger partial charge in [-0.25, -0.2) is 4.39 Å². The van der Waals surface area contributed by atoms with Crippen molar-refractivity contribution in [1.82, 2.24) is 10.2 Å². The molecule has 0 bridgehead atoms. The summed E-state index contributed by atoms with van der Waals surface area (Å²) in [6, 6.07) is 3.82. The lowest BCUT2D eigenvalue weighted by Gasteiger charge is -2.07. The third-order valence-corrected chi connectivity index (χ3v) is 2.70. The fourth-order valence-electron chi connectivity index (χ4n) is 1.60. The van der Waals surface area contributed by atoms with Crippen molar-refractivity contribution in [2.24, 2.45) is 10.9 Å². The molecule has 1 aromatic heterocycles. The lowest BCUT2D eigenvalue weighted by atomic mass is 10.1. The molecule has 5 N–H and O–H groups in total. The van der Waals surface area contributed by atoms with E-state index in [1.165, 1.54) is 18.3 Å². The molecule has 0 radical (unpaired) electrons. The SMILES string of the molecule is Cc1[nH]ncc1C(=O)Nc1ccc(/C(N)=N/O)cc1F. The summed E-state index contributed by atoms with van der Waals surface area (Å²) in [6.07, 6.45) is 1.35. The number of halogens is 1. The minimum atomic E-state index is -0.691. The quantitative estimate of drug-likeness (QED) is 0.292. The average molecular weight is 277 g/mol. The summed E-state index contributed by atoms with van der Waals surface area (Å²) >= 11 is 0. The first-order chi connectivity index (χ1) is 9.52. The van der Waals surface area contributed by atoms with Crippen LogP contribution in [-0.2, 0) is 0 Å². The summed E-state index contributed by atoms with van der Waals surface area (Å²) in [4.78, 5) is 11.9. The second kappa shape index (κ2) is 5.39. The zero-order chi connectivity index (χ0) is 14.7. The number of rotatable bonds is 3. The van der Waals surface area contributed by atoms with E-state index in [1.54, 1.807) is 6.92 Å². The molecule has 20 heavy (non-hydrogen) atoms. The number of amides is 1. The summed E-state index contributed by atoms with van der Waals surface area (Å²) in [6.45, 7) is 1.68. The number of H-pyrrole nitrogens is 1. The maximum Gasteiger partial charge on any atom is 0.259 e. The van der Waals surface area contributed by atoms with E-state index >= 15 is 0 Å². The number of oxime groups is 1. The lowest BCUT2D eigenvalue weighted by Crippen LogP contribution is -2.16. The smallest absolute Gasteiger partial charge is 0.259 e. The van der Waals surface area contributed by atoms with Gasteiger partial charge in [-0.15, -0.1) is 0 Å². The van der Waals surface area contributed by atoms with E-state index in [0.29, 0.717) is 11.3 Å². The van der Waals surface area contributed by atoms with Crippen molar-refractivity contribution < 1.29 is 14.4 Å². The number of nitrogens with zero attached hydrogens (tertiary/aromatic N) is 2. The van der Waals surface area contributed by atoms with Crippen molar-refractivity contribution in [3.8, 4) is 0 Å². The number of anilines is 1. The normalized spacial score (nSPS) is 11.4. The Morgan fingerprint density at radius 1 is 1.55 bits per heavy atom. The highest BCUT2D eigenvalue weighted by Crippen LogP contribution is 2.17. The Labute approximate surface area is 113 Å². The van der Waals surface area contributed by atoms with Gasteiger partial charge < -0.3 is 16.3 Å². The number of hydrogen-bond acceptors (Lipinski definition) is 4. The Morgan fingerprint density at radius 3 is 2.85 bits per heavy atom. The fraction of sp³-hybridized carbons (Fsp3) is 0.0833. The molecule has 0 spiro atoms. The molecule has 1 amide bonds. The highest BCUT2D eigenvalue weighted by atomic mass is 19.1. The summed E-state index contributed by atoms with van der Waals surface area (Å²) < 4.78 is 13.8. The Hall–Kier alpha value is -2.90. The van der Waals surface area contributed by atoms with Gasteiger partial charge in [-0.1, -0.05) is 5.16 Å². The molecule has 0 unspecified atom stereocenters. The Bertz CT molecular complexity index is 680. The van der Waals surface area contributed by atoms with Gasteiger partial charge in [-0.2, -0.15) is 5.10 Å². The van der Waals surface area contributed by atoms with Crippen molar-refractivity contribution in [3.05, 3.63) is 47.0 Å². The third kappa shape index (κ3) is 2.58. The number of aromatic nitrogens is 2. The first-order valence-electron chi connectivity index (χ1n) is 5.61. The van der Waals surface area contributed by atoms with Crippen molar-refractivity contribution in [3.63, 3.8) is 0 Å². The summed E-state index contributed by atoms with van der Waals surface area (Å²) in [5.74, 6) is -1.39. The van der Waals surface area contributed by atoms with Gasteiger partial charge in [0.2, 0.25) is 0 Å². The molecule has 0 aliphatic carbocycles. The van der Waals surface area contributed by atoms with Crippen LogP contribution in [0, 0.1) is 12.7 Å². The van der Waals surface area contributed by atoms with Gasteiger partial charge in [-0.05, 0) is 25.1 Å². The van der Waals surface area contributed by atoms with Crippen LogP contribution in [0.25, 0.3) is 0 Å². The molecule has 104 valence electrons. The Kier molecular flexibility index (Phi) is 3.65. The first-order valence-corrected chi connectivity index (χ1v) is 5.61. The van der Waals surface area contributed by atoms with E-state index in [-0.39, 0.29) is 17.1 Å². The topological polar surface area (TPSA) is 116 Å².